The molecule has 130 valence electrons. The van der Waals surface area contributed by atoms with Gasteiger partial charge >= 0.3 is 5.97 Å². The van der Waals surface area contributed by atoms with Crippen LogP contribution in [0.2, 0.25) is 0 Å². The smallest absolute Gasteiger partial charge is 0.342 e. The van der Waals surface area contributed by atoms with Crippen molar-refractivity contribution in [2.24, 2.45) is 0 Å². The van der Waals surface area contributed by atoms with E-state index in [-0.39, 0.29) is 17.8 Å². The molecule has 0 aliphatic carbocycles. The Morgan fingerprint density at radius 3 is 1.80 bits per heavy atom. The molecule has 0 bridgehead atoms. The number of rotatable bonds is 8. The van der Waals surface area contributed by atoms with Gasteiger partial charge in [-0.25, -0.2) is 4.79 Å². The minimum absolute atomic E-state index is 0.135. The van der Waals surface area contributed by atoms with E-state index in [4.69, 9.17) is 4.74 Å². The maximum atomic E-state index is 12.7. The molecule has 0 N–H and O–H groups in total. The van der Waals surface area contributed by atoms with Crippen molar-refractivity contribution >= 4 is 17.3 Å². The molecular weight excluding hydrogens is 312 g/mol. The van der Waals surface area contributed by atoms with E-state index in [9.17, 15) is 9.59 Å². The molecule has 3 heteroatoms. The van der Waals surface area contributed by atoms with Gasteiger partial charge in [-0.3, -0.25) is 4.79 Å². The third kappa shape index (κ3) is 4.90. The fourth-order valence-electron chi connectivity index (χ4n) is 2.58. The first-order valence-electron chi connectivity index (χ1n) is 8.74. The highest BCUT2D eigenvalue weighted by atomic mass is 16.5. The van der Waals surface area contributed by atoms with E-state index in [1.165, 1.54) is 0 Å². The lowest BCUT2D eigenvalue weighted by Gasteiger charge is -2.15. The summed E-state index contributed by atoms with van der Waals surface area (Å²) >= 11 is 0. The number of hydrogen-bond donors (Lipinski definition) is 0. The lowest BCUT2D eigenvalue weighted by atomic mass is 9.90. The van der Waals surface area contributed by atoms with Crippen LogP contribution in [0.25, 0.3) is 5.57 Å². The van der Waals surface area contributed by atoms with Crippen LogP contribution in [0.1, 0.15) is 44.2 Å². The normalized spacial score (nSPS) is 10.2. The second-order valence-electron chi connectivity index (χ2n) is 5.75. The van der Waals surface area contributed by atoms with Gasteiger partial charge in [-0.2, -0.15) is 0 Å². The van der Waals surface area contributed by atoms with Crippen molar-refractivity contribution in [3.05, 3.63) is 77.4 Å². The van der Waals surface area contributed by atoms with E-state index in [0.29, 0.717) is 12.2 Å². The van der Waals surface area contributed by atoms with Crippen LogP contribution in [0.4, 0.5) is 0 Å². The van der Waals surface area contributed by atoms with Crippen LogP contribution in [0.15, 0.2) is 66.2 Å². The summed E-state index contributed by atoms with van der Waals surface area (Å²) in [5.41, 5.74) is 2.43. The van der Waals surface area contributed by atoms with Crippen molar-refractivity contribution in [2.45, 2.75) is 33.1 Å². The molecule has 2 aromatic carbocycles. The molecule has 25 heavy (non-hydrogen) atoms. The SMILES string of the molecule is CCCCOC(=O)C(C(=O)CC)=C(c1ccccc1)c1ccccc1. The van der Waals surface area contributed by atoms with Gasteiger partial charge in [-0.05, 0) is 17.5 Å². The molecule has 0 aliphatic rings. The van der Waals surface area contributed by atoms with E-state index in [1.807, 2.05) is 67.6 Å². The number of unbranched alkanes of at least 4 members (excludes halogenated alkanes) is 1. The van der Waals surface area contributed by atoms with Crippen LogP contribution in [-0.2, 0) is 14.3 Å². The summed E-state index contributed by atoms with van der Waals surface area (Å²) in [5.74, 6) is -0.743. The van der Waals surface area contributed by atoms with Crippen LogP contribution in [0, 0.1) is 0 Å². The zero-order valence-corrected chi connectivity index (χ0v) is 14.8. The maximum Gasteiger partial charge on any atom is 0.342 e. The molecule has 0 saturated carbocycles. The first kappa shape index (κ1) is 18.7. The summed E-state index contributed by atoms with van der Waals surface area (Å²) in [6.07, 6.45) is 1.96. The minimum Gasteiger partial charge on any atom is -0.462 e. The van der Waals surface area contributed by atoms with E-state index in [1.54, 1.807) is 6.92 Å². The monoisotopic (exact) mass is 336 g/mol. The molecule has 0 aliphatic heterocycles. The summed E-state index contributed by atoms with van der Waals surface area (Å²) in [5, 5.41) is 0. The van der Waals surface area contributed by atoms with Crippen LogP contribution in [0.5, 0.6) is 0 Å². The Hall–Kier alpha value is -2.68. The van der Waals surface area contributed by atoms with Crippen molar-refractivity contribution in [3.8, 4) is 0 Å². The number of carbonyl (C=O) groups is 2. The Morgan fingerprint density at radius 2 is 1.36 bits per heavy atom. The number of esters is 1. The lowest BCUT2D eigenvalue weighted by molar-refractivity contribution is -0.140. The average Bonchev–Trinajstić information content (AvgIpc) is 2.67. The lowest BCUT2D eigenvalue weighted by Crippen LogP contribution is -2.18. The maximum absolute atomic E-state index is 12.7. The van der Waals surface area contributed by atoms with Crippen molar-refractivity contribution in [3.63, 3.8) is 0 Å². The highest BCUT2D eigenvalue weighted by Crippen LogP contribution is 2.28. The second-order valence-corrected chi connectivity index (χ2v) is 5.75. The minimum atomic E-state index is -0.539. The fourth-order valence-corrected chi connectivity index (χ4v) is 2.58. The molecule has 0 spiro atoms. The van der Waals surface area contributed by atoms with Crippen LogP contribution < -0.4 is 0 Å². The van der Waals surface area contributed by atoms with Gasteiger partial charge in [0.2, 0.25) is 0 Å². The van der Waals surface area contributed by atoms with Gasteiger partial charge in [0.25, 0.3) is 0 Å². The molecule has 0 atom stereocenters. The van der Waals surface area contributed by atoms with Gasteiger partial charge in [0.1, 0.15) is 5.57 Å². The van der Waals surface area contributed by atoms with Crippen molar-refractivity contribution in [1.29, 1.82) is 0 Å². The molecular formula is C22H24O3. The molecule has 0 aromatic heterocycles. The van der Waals surface area contributed by atoms with Crippen molar-refractivity contribution in [1.82, 2.24) is 0 Å². The first-order chi connectivity index (χ1) is 12.2. The Labute approximate surface area is 149 Å². The third-order valence-corrected chi connectivity index (χ3v) is 3.91. The summed E-state index contributed by atoms with van der Waals surface area (Å²) in [4.78, 5) is 25.3. The number of ketones is 1. The third-order valence-electron chi connectivity index (χ3n) is 3.91. The van der Waals surface area contributed by atoms with Gasteiger partial charge in [-0.15, -0.1) is 0 Å². The number of ether oxygens (including phenoxy) is 1. The molecule has 0 fully saturated rings. The number of carbonyl (C=O) groups excluding carboxylic acids is 2. The topological polar surface area (TPSA) is 43.4 Å². The van der Waals surface area contributed by atoms with Crippen LogP contribution >= 0.6 is 0 Å². The van der Waals surface area contributed by atoms with Gasteiger partial charge in [0.15, 0.2) is 5.78 Å². The Balaban J connectivity index is 2.61. The Kier molecular flexibility index (Phi) is 7.15. The zero-order chi connectivity index (χ0) is 18.1. The highest BCUT2D eigenvalue weighted by molar-refractivity contribution is 6.24. The van der Waals surface area contributed by atoms with E-state index >= 15 is 0 Å². The predicted molar refractivity (Wildman–Crippen MR) is 100 cm³/mol. The van der Waals surface area contributed by atoms with Gasteiger partial charge in [0.05, 0.1) is 6.61 Å². The number of hydrogen-bond acceptors (Lipinski definition) is 3. The molecule has 0 amide bonds. The number of Topliss-reactive ketones (excluding diaryl/α,β-unsaturated/α-hetero) is 1. The quantitative estimate of drug-likeness (QED) is 0.228. The van der Waals surface area contributed by atoms with E-state index < -0.39 is 5.97 Å². The molecule has 3 nitrogen and oxygen atoms in total. The first-order valence-corrected chi connectivity index (χ1v) is 8.74. The fraction of sp³-hybridized carbons (Fsp3) is 0.273. The summed E-state index contributed by atoms with van der Waals surface area (Å²) in [6.45, 7) is 4.11. The van der Waals surface area contributed by atoms with Crippen LogP contribution in [-0.4, -0.2) is 18.4 Å². The van der Waals surface area contributed by atoms with E-state index in [2.05, 4.69) is 0 Å². The molecule has 2 aromatic rings. The van der Waals surface area contributed by atoms with Gasteiger partial charge < -0.3 is 4.74 Å². The Bertz CT molecular complexity index is 689. The summed E-state index contributed by atoms with van der Waals surface area (Å²) < 4.78 is 5.37. The van der Waals surface area contributed by atoms with Crippen molar-refractivity contribution < 1.29 is 14.3 Å². The predicted octanol–water partition coefficient (Wildman–Crippen LogP) is 4.81. The molecule has 0 radical (unpaired) electrons. The summed E-state index contributed by atoms with van der Waals surface area (Å²) in [7, 11) is 0. The molecule has 0 heterocycles. The molecule has 0 saturated heterocycles. The average molecular weight is 336 g/mol. The molecule has 2 rings (SSSR count). The number of benzene rings is 2. The van der Waals surface area contributed by atoms with Crippen LogP contribution in [0.3, 0.4) is 0 Å². The Morgan fingerprint density at radius 1 is 0.840 bits per heavy atom. The largest absolute Gasteiger partial charge is 0.462 e. The second kappa shape index (κ2) is 9.58. The van der Waals surface area contributed by atoms with Gasteiger partial charge in [-0.1, -0.05) is 80.9 Å². The standard InChI is InChI=1S/C22H24O3/c1-3-5-16-25-22(24)21(19(23)4-2)20(17-12-8-6-9-13-17)18-14-10-7-11-15-18/h6-15H,3-5,16H2,1-2H3. The summed E-state index contributed by atoms with van der Waals surface area (Å²) in [6, 6.07) is 19.0. The zero-order valence-electron chi connectivity index (χ0n) is 14.8. The van der Waals surface area contributed by atoms with E-state index in [0.717, 1.165) is 24.0 Å². The van der Waals surface area contributed by atoms with Crippen molar-refractivity contribution in [2.75, 3.05) is 6.61 Å². The highest BCUT2D eigenvalue weighted by Gasteiger charge is 2.25. The molecule has 0 unspecified atom stereocenters. The van der Waals surface area contributed by atoms with Gasteiger partial charge in [0, 0.05) is 12.0 Å².